The maximum Gasteiger partial charge on any atom is 0.303 e. The van der Waals surface area contributed by atoms with Crippen molar-refractivity contribution in [2.75, 3.05) is 17.9 Å². The molecule has 0 saturated heterocycles. The van der Waals surface area contributed by atoms with Crippen molar-refractivity contribution < 1.29 is 18.3 Å². The SMILES string of the molecule is CN1c2ccccc2C(NCCCCCCCC(=O)O)c2ccc(Br)cc2S1(=O)=O.Cl. The molecule has 0 bridgehead atoms. The van der Waals surface area contributed by atoms with Crippen LogP contribution in [-0.4, -0.2) is 33.1 Å². The van der Waals surface area contributed by atoms with Gasteiger partial charge in [-0.15, -0.1) is 12.4 Å². The number of unbranched alkanes of at least 4 members (excludes halogenated alkanes) is 4. The molecule has 3 rings (SSSR count). The van der Waals surface area contributed by atoms with Gasteiger partial charge >= 0.3 is 5.97 Å². The number of carboxylic acids is 1. The summed E-state index contributed by atoms with van der Waals surface area (Å²) in [6, 6.07) is 12.8. The molecular weight excluding hydrogens is 504 g/mol. The van der Waals surface area contributed by atoms with E-state index in [1.165, 1.54) is 4.31 Å². The summed E-state index contributed by atoms with van der Waals surface area (Å²) in [6.07, 6.45) is 4.80. The number of anilines is 1. The lowest BCUT2D eigenvalue weighted by atomic mass is 9.96. The van der Waals surface area contributed by atoms with Crippen LogP contribution in [0.3, 0.4) is 0 Å². The number of rotatable bonds is 9. The van der Waals surface area contributed by atoms with E-state index in [9.17, 15) is 13.2 Å². The molecule has 0 aromatic heterocycles. The molecule has 0 saturated carbocycles. The highest BCUT2D eigenvalue weighted by Crippen LogP contribution is 2.40. The van der Waals surface area contributed by atoms with Gasteiger partial charge in [-0.1, -0.05) is 59.5 Å². The van der Waals surface area contributed by atoms with Crippen LogP contribution in [0.25, 0.3) is 0 Å². The van der Waals surface area contributed by atoms with E-state index < -0.39 is 16.0 Å². The lowest BCUT2D eigenvalue weighted by Gasteiger charge is -2.22. The summed E-state index contributed by atoms with van der Waals surface area (Å²) in [5.74, 6) is -0.742. The molecule has 0 amide bonds. The number of aliphatic carboxylic acids is 1. The highest BCUT2D eigenvalue weighted by Gasteiger charge is 2.34. The van der Waals surface area contributed by atoms with Crippen LogP contribution in [0.4, 0.5) is 5.69 Å². The van der Waals surface area contributed by atoms with E-state index in [2.05, 4.69) is 21.2 Å². The Morgan fingerprint density at radius 3 is 2.48 bits per heavy atom. The number of carboxylic acid groups (broad SMARTS) is 1. The minimum atomic E-state index is -3.66. The summed E-state index contributed by atoms with van der Waals surface area (Å²) < 4.78 is 28.6. The Kier molecular flexibility index (Phi) is 9.36. The molecule has 31 heavy (non-hydrogen) atoms. The van der Waals surface area contributed by atoms with Crippen LogP contribution in [0, 0.1) is 0 Å². The maximum absolute atomic E-state index is 13.2. The van der Waals surface area contributed by atoms with Crippen molar-refractivity contribution in [1.82, 2.24) is 5.32 Å². The number of sulfonamides is 1. The highest BCUT2D eigenvalue weighted by atomic mass is 79.9. The van der Waals surface area contributed by atoms with Crippen molar-refractivity contribution >= 4 is 50.0 Å². The van der Waals surface area contributed by atoms with Crippen LogP contribution in [-0.2, 0) is 14.8 Å². The molecule has 170 valence electrons. The van der Waals surface area contributed by atoms with Crippen molar-refractivity contribution in [2.45, 2.75) is 49.5 Å². The Labute approximate surface area is 198 Å². The number of para-hydroxylation sites is 1. The van der Waals surface area contributed by atoms with Crippen LogP contribution in [0.15, 0.2) is 51.8 Å². The molecule has 6 nitrogen and oxygen atoms in total. The zero-order chi connectivity index (χ0) is 21.7. The average molecular weight is 532 g/mol. The van der Waals surface area contributed by atoms with Gasteiger partial charge in [-0.2, -0.15) is 0 Å². The second kappa shape index (κ2) is 11.3. The number of halogens is 2. The predicted molar refractivity (Wildman–Crippen MR) is 129 cm³/mol. The fraction of sp³-hybridized carbons (Fsp3) is 0.409. The van der Waals surface area contributed by atoms with Gasteiger partial charge in [0.15, 0.2) is 0 Å². The molecule has 2 N–H and O–H groups in total. The van der Waals surface area contributed by atoms with Gasteiger partial charge in [0.1, 0.15) is 0 Å². The number of fused-ring (bicyclic) bond motifs is 2. The average Bonchev–Trinajstić information content (AvgIpc) is 2.78. The molecule has 1 heterocycles. The first-order valence-electron chi connectivity index (χ1n) is 10.1. The van der Waals surface area contributed by atoms with Crippen molar-refractivity contribution in [3.8, 4) is 0 Å². The summed E-state index contributed by atoms with van der Waals surface area (Å²) in [6.45, 7) is 0.747. The van der Waals surface area contributed by atoms with E-state index >= 15 is 0 Å². The summed E-state index contributed by atoms with van der Waals surface area (Å²) >= 11 is 3.41. The third kappa shape index (κ3) is 6.00. The lowest BCUT2D eigenvalue weighted by molar-refractivity contribution is -0.137. The summed E-state index contributed by atoms with van der Waals surface area (Å²) in [5, 5.41) is 12.3. The molecule has 1 aliphatic heterocycles. The van der Waals surface area contributed by atoms with Gasteiger partial charge in [-0.25, -0.2) is 8.42 Å². The number of nitrogens with zero attached hydrogens (tertiary/aromatic N) is 1. The topological polar surface area (TPSA) is 86.7 Å². The van der Waals surface area contributed by atoms with Gasteiger partial charge in [0.2, 0.25) is 0 Å². The van der Waals surface area contributed by atoms with E-state index in [0.717, 1.165) is 47.8 Å². The standard InChI is InChI=1S/C22H27BrN2O4S.ClH/c1-25-19-10-7-6-9-17(19)22(24-14-8-4-2-3-5-11-21(26)27)18-13-12-16(23)15-20(18)30(25,28)29;/h6-7,9-10,12-13,15,22,24H,2-5,8,11,14H2,1H3,(H,26,27);1H. The van der Waals surface area contributed by atoms with E-state index in [1.54, 1.807) is 13.1 Å². The largest absolute Gasteiger partial charge is 0.481 e. The fourth-order valence-electron chi connectivity index (χ4n) is 3.83. The summed E-state index contributed by atoms with van der Waals surface area (Å²) in [5.41, 5.74) is 2.36. The Morgan fingerprint density at radius 2 is 1.74 bits per heavy atom. The van der Waals surface area contributed by atoms with E-state index in [0.29, 0.717) is 17.0 Å². The normalized spacial score (nSPS) is 16.6. The van der Waals surface area contributed by atoms with E-state index in [-0.39, 0.29) is 24.9 Å². The first-order valence-corrected chi connectivity index (χ1v) is 12.4. The third-order valence-electron chi connectivity index (χ3n) is 5.43. The molecule has 0 aliphatic carbocycles. The Balaban J connectivity index is 0.00000341. The second-order valence-corrected chi connectivity index (χ2v) is 10.4. The predicted octanol–water partition coefficient (Wildman–Crippen LogP) is 5.11. The Hall–Kier alpha value is -1.61. The molecular formula is C22H28BrClN2O4S. The lowest BCUT2D eigenvalue weighted by Crippen LogP contribution is -2.26. The van der Waals surface area contributed by atoms with Crippen LogP contribution in [0.2, 0.25) is 0 Å². The smallest absolute Gasteiger partial charge is 0.303 e. The number of hydrogen-bond donors (Lipinski definition) is 2. The fourth-order valence-corrected chi connectivity index (χ4v) is 5.82. The third-order valence-corrected chi connectivity index (χ3v) is 7.75. The molecule has 9 heteroatoms. The summed E-state index contributed by atoms with van der Waals surface area (Å²) in [4.78, 5) is 10.9. The van der Waals surface area contributed by atoms with Crippen LogP contribution in [0.1, 0.15) is 55.7 Å². The molecule has 1 atom stereocenters. The molecule has 1 unspecified atom stereocenters. The van der Waals surface area contributed by atoms with Crippen LogP contribution >= 0.6 is 28.3 Å². The molecule has 0 radical (unpaired) electrons. The van der Waals surface area contributed by atoms with Crippen molar-refractivity contribution in [2.24, 2.45) is 0 Å². The van der Waals surface area contributed by atoms with Crippen LogP contribution < -0.4 is 9.62 Å². The molecule has 1 aliphatic rings. The number of hydrogen-bond acceptors (Lipinski definition) is 4. The first-order chi connectivity index (χ1) is 14.3. The minimum absolute atomic E-state index is 0. The maximum atomic E-state index is 13.2. The van der Waals surface area contributed by atoms with E-state index in [1.807, 2.05) is 36.4 Å². The molecule has 0 fully saturated rings. The quantitative estimate of drug-likeness (QED) is 0.439. The monoisotopic (exact) mass is 530 g/mol. The summed E-state index contributed by atoms with van der Waals surface area (Å²) in [7, 11) is -2.07. The van der Waals surface area contributed by atoms with Gasteiger partial charge < -0.3 is 10.4 Å². The number of benzene rings is 2. The van der Waals surface area contributed by atoms with Gasteiger partial charge in [-0.3, -0.25) is 9.10 Å². The first kappa shape index (κ1) is 25.6. The van der Waals surface area contributed by atoms with Gasteiger partial charge in [0, 0.05) is 17.9 Å². The highest BCUT2D eigenvalue weighted by molar-refractivity contribution is 9.10. The second-order valence-electron chi connectivity index (χ2n) is 7.51. The number of carbonyl (C=O) groups is 1. The molecule has 2 aromatic rings. The van der Waals surface area contributed by atoms with Gasteiger partial charge in [-0.05, 0) is 48.7 Å². The molecule has 2 aromatic carbocycles. The van der Waals surface area contributed by atoms with Crippen molar-refractivity contribution in [3.63, 3.8) is 0 Å². The van der Waals surface area contributed by atoms with Crippen molar-refractivity contribution in [1.29, 1.82) is 0 Å². The Morgan fingerprint density at radius 1 is 1.06 bits per heavy atom. The Bertz CT molecular complexity index is 1020. The zero-order valence-corrected chi connectivity index (χ0v) is 20.6. The van der Waals surface area contributed by atoms with Crippen molar-refractivity contribution in [3.05, 3.63) is 58.1 Å². The number of nitrogens with one attached hydrogen (secondary N) is 1. The minimum Gasteiger partial charge on any atom is -0.481 e. The van der Waals surface area contributed by atoms with Gasteiger partial charge in [0.05, 0.1) is 16.6 Å². The van der Waals surface area contributed by atoms with Crippen LogP contribution in [0.5, 0.6) is 0 Å². The zero-order valence-electron chi connectivity index (χ0n) is 17.4. The molecule has 0 spiro atoms. The van der Waals surface area contributed by atoms with E-state index in [4.69, 9.17) is 5.11 Å². The van der Waals surface area contributed by atoms with Gasteiger partial charge in [0.25, 0.3) is 10.0 Å².